The molecule has 1 N–H and O–H groups in total. The van der Waals surface area contributed by atoms with E-state index < -0.39 is 30.1 Å². The van der Waals surface area contributed by atoms with Crippen LogP contribution in [-0.2, 0) is 13.6 Å². The second kappa shape index (κ2) is 6.73. The van der Waals surface area contributed by atoms with E-state index in [9.17, 15) is 22.4 Å². The summed E-state index contributed by atoms with van der Waals surface area (Å²) in [6.45, 7) is 1.94. The Kier molecular flexibility index (Phi) is 4.62. The number of alkyl halides is 4. The van der Waals surface area contributed by atoms with E-state index in [0.717, 1.165) is 17.5 Å². The number of hydrogen-bond acceptors (Lipinski definition) is 4. The molecule has 0 saturated heterocycles. The van der Waals surface area contributed by atoms with Crippen LogP contribution >= 0.6 is 0 Å². The van der Waals surface area contributed by atoms with Crippen molar-refractivity contribution in [2.24, 2.45) is 7.05 Å². The second-order valence-electron chi connectivity index (χ2n) is 5.59. The van der Waals surface area contributed by atoms with E-state index >= 15 is 0 Å². The number of carbonyl (C=O) groups is 1. The molecule has 3 heterocycles. The van der Waals surface area contributed by atoms with Gasteiger partial charge in [-0.15, -0.1) is 0 Å². The molecule has 0 aliphatic heterocycles. The molecular formula is C15H14F4N6O. The summed E-state index contributed by atoms with van der Waals surface area (Å²) in [5.41, 5.74) is -0.512. The Morgan fingerprint density at radius 3 is 2.46 bits per heavy atom. The zero-order chi connectivity index (χ0) is 19.0. The lowest BCUT2D eigenvalue weighted by atomic mass is 10.3. The van der Waals surface area contributed by atoms with Crippen LogP contribution in [-0.4, -0.2) is 30.3 Å². The van der Waals surface area contributed by atoms with Crippen molar-refractivity contribution in [1.82, 2.24) is 29.7 Å². The molecule has 0 fully saturated rings. The van der Waals surface area contributed by atoms with Crippen LogP contribution in [0.15, 0.2) is 18.2 Å². The molecule has 1 amide bonds. The van der Waals surface area contributed by atoms with E-state index in [1.165, 1.54) is 0 Å². The van der Waals surface area contributed by atoms with E-state index in [4.69, 9.17) is 0 Å². The van der Waals surface area contributed by atoms with Gasteiger partial charge in [0.2, 0.25) is 0 Å². The molecule has 0 bridgehead atoms. The number of nitrogens with one attached hydrogen (secondary N) is 1. The van der Waals surface area contributed by atoms with Crippen molar-refractivity contribution in [2.45, 2.75) is 26.3 Å². The molecule has 3 aromatic rings. The van der Waals surface area contributed by atoms with Gasteiger partial charge in [0.1, 0.15) is 11.4 Å². The van der Waals surface area contributed by atoms with E-state index in [-0.39, 0.29) is 17.9 Å². The highest BCUT2D eigenvalue weighted by Gasteiger charge is 2.22. The summed E-state index contributed by atoms with van der Waals surface area (Å²) >= 11 is 0. The van der Waals surface area contributed by atoms with Crippen LogP contribution < -0.4 is 5.32 Å². The lowest BCUT2D eigenvalue weighted by Gasteiger charge is -2.06. The van der Waals surface area contributed by atoms with Crippen molar-refractivity contribution in [3.8, 4) is 0 Å². The summed E-state index contributed by atoms with van der Waals surface area (Å²) in [5.74, 6) is -0.645. The Labute approximate surface area is 144 Å². The molecule has 0 spiro atoms. The number of fused-ring (bicyclic) bond motifs is 1. The van der Waals surface area contributed by atoms with Crippen LogP contribution in [0.5, 0.6) is 0 Å². The Bertz CT molecular complexity index is 965. The third kappa shape index (κ3) is 3.37. The van der Waals surface area contributed by atoms with Gasteiger partial charge in [0.15, 0.2) is 11.3 Å². The lowest BCUT2D eigenvalue weighted by Crippen LogP contribution is -2.24. The highest BCUT2D eigenvalue weighted by molar-refractivity contribution is 5.93. The minimum absolute atomic E-state index is 0.140. The predicted molar refractivity (Wildman–Crippen MR) is 82.0 cm³/mol. The molecule has 7 nitrogen and oxygen atoms in total. The van der Waals surface area contributed by atoms with Crippen molar-refractivity contribution in [3.05, 3.63) is 46.7 Å². The second-order valence-corrected chi connectivity index (χ2v) is 5.59. The van der Waals surface area contributed by atoms with Crippen LogP contribution in [0.3, 0.4) is 0 Å². The van der Waals surface area contributed by atoms with Gasteiger partial charge >= 0.3 is 0 Å². The van der Waals surface area contributed by atoms with Crippen molar-refractivity contribution in [3.63, 3.8) is 0 Å². The molecule has 0 aliphatic carbocycles. The van der Waals surface area contributed by atoms with E-state index in [2.05, 4.69) is 20.5 Å². The first-order valence-electron chi connectivity index (χ1n) is 7.51. The van der Waals surface area contributed by atoms with E-state index in [0.29, 0.717) is 10.6 Å². The molecule has 0 atom stereocenters. The van der Waals surface area contributed by atoms with Gasteiger partial charge in [-0.25, -0.2) is 27.1 Å². The monoisotopic (exact) mass is 370 g/mol. The van der Waals surface area contributed by atoms with Crippen LogP contribution in [0.4, 0.5) is 17.6 Å². The molecule has 0 aromatic carbocycles. The van der Waals surface area contributed by atoms with Gasteiger partial charge in [-0.2, -0.15) is 10.2 Å². The van der Waals surface area contributed by atoms with Gasteiger partial charge < -0.3 is 5.32 Å². The Morgan fingerprint density at radius 2 is 1.88 bits per heavy atom. The standard InChI is InChI=1S/C15H14F4N6O/c1-7-3-8(24(2)22-7)6-20-15(26)10-5-12-21-9(13(16)17)4-11(14(18)19)25(12)23-10/h3-5,13-14H,6H2,1-2H3,(H,20,26). The molecule has 3 aromatic heterocycles. The lowest BCUT2D eigenvalue weighted by molar-refractivity contribution is 0.0943. The number of aryl methyl sites for hydroxylation is 2. The maximum atomic E-state index is 13.1. The molecule has 0 saturated carbocycles. The van der Waals surface area contributed by atoms with Crippen molar-refractivity contribution < 1.29 is 22.4 Å². The smallest absolute Gasteiger partial charge is 0.280 e. The topological polar surface area (TPSA) is 77.1 Å². The van der Waals surface area contributed by atoms with Crippen LogP contribution in [0.25, 0.3) is 5.65 Å². The zero-order valence-electron chi connectivity index (χ0n) is 13.8. The average Bonchev–Trinajstić information content (AvgIpc) is 3.13. The van der Waals surface area contributed by atoms with Gasteiger partial charge in [0, 0.05) is 13.1 Å². The van der Waals surface area contributed by atoms with Gasteiger partial charge in [0.25, 0.3) is 18.8 Å². The number of aromatic nitrogens is 5. The predicted octanol–water partition coefficient (Wildman–Crippen LogP) is 2.58. The largest absolute Gasteiger partial charge is 0.345 e. The molecular weight excluding hydrogens is 356 g/mol. The quantitative estimate of drug-likeness (QED) is 0.701. The van der Waals surface area contributed by atoms with Gasteiger partial charge in [-0.05, 0) is 19.1 Å². The third-order valence-electron chi connectivity index (χ3n) is 3.68. The van der Waals surface area contributed by atoms with Gasteiger partial charge in [-0.3, -0.25) is 9.48 Å². The number of halogens is 4. The highest BCUT2D eigenvalue weighted by atomic mass is 19.3. The fourth-order valence-corrected chi connectivity index (χ4v) is 2.49. The van der Waals surface area contributed by atoms with E-state index in [1.54, 1.807) is 24.7 Å². The maximum absolute atomic E-state index is 13.1. The van der Waals surface area contributed by atoms with Gasteiger partial charge in [0.05, 0.1) is 17.9 Å². The molecule has 0 aliphatic rings. The summed E-state index contributed by atoms with van der Waals surface area (Å²) < 4.78 is 54.2. The fraction of sp³-hybridized carbons (Fsp3) is 0.333. The minimum atomic E-state index is -3.05. The highest BCUT2D eigenvalue weighted by Crippen LogP contribution is 2.25. The third-order valence-corrected chi connectivity index (χ3v) is 3.68. The number of nitrogens with zero attached hydrogens (tertiary/aromatic N) is 5. The molecule has 0 radical (unpaired) electrons. The minimum Gasteiger partial charge on any atom is -0.345 e. The summed E-state index contributed by atoms with van der Waals surface area (Å²) in [5, 5.41) is 10.5. The number of carbonyl (C=O) groups excluding carboxylic acids is 1. The van der Waals surface area contributed by atoms with Crippen molar-refractivity contribution >= 4 is 11.6 Å². The molecule has 11 heteroatoms. The molecule has 3 rings (SSSR count). The average molecular weight is 370 g/mol. The van der Waals surface area contributed by atoms with Crippen molar-refractivity contribution in [2.75, 3.05) is 0 Å². The molecule has 138 valence electrons. The summed E-state index contributed by atoms with van der Waals surface area (Å²) in [6, 6.07) is 3.44. The summed E-state index contributed by atoms with van der Waals surface area (Å²) in [6.07, 6.45) is -6.07. The van der Waals surface area contributed by atoms with Crippen molar-refractivity contribution in [1.29, 1.82) is 0 Å². The first-order valence-corrected chi connectivity index (χ1v) is 7.51. The normalized spacial score (nSPS) is 11.7. The maximum Gasteiger partial charge on any atom is 0.280 e. The fourth-order valence-electron chi connectivity index (χ4n) is 2.49. The molecule has 0 unspecified atom stereocenters. The number of rotatable bonds is 5. The number of hydrogen-bond donors (Lipinski definition) is 1. The van der Waals surface area contributed by atoms with E-state index in [1.807, 2.05) is 0 Å². The molecule has 26 heavy (non-hydrogen) atoms. The number of amides is 1. The van der Waals surface area contributed by atoms with Gasteiger partial charge in [-0.1, -0.05) is 0 Å². The summed E-state index contributed by atoms with van der Waals surface area (Å²) in [4.78, 5) is 15.8. The first-order chi connectivity index (χ1) is 12.3. The van der Waals surface area contributed by atoms with Crippen LogP contribution in [0.2, 0.25) is 0 Å². The Hall–Kier alpha value is -2.98. The first kappa shape index (κ1) is 17.8. The zero-order valence-corrected chi connectivity index (χ0v) is 13.8. The SMILES string of the molecule is Cc1cc(CNC(=O)c2cc3nc(C(F)F)cc(C(F)F)n3n2)n(C)n1. The Morgan fingerprint density at radius 1 is 1.15 bits per heavy atom. The van der Waals surface area contributed by atoms with Crippen LogP contribution in [0, 0.1) is 6.92 Å². The Balaban J connectivity index is 1.89. The van der Waals surface area contributed by atoms with Crippen LogP contribution in [0.1, 0.15) is 46.1 Å². The summed E-state index contributed by atoms with van der Waals surface area (Å²) in [7, 11) is 1.71.